The molecule has 16 heavy (non-hydrogen) atoms. The van der Waals surface area contributed by atoms with E-state index in [-0.39, 0.29) is 0 Å². The lowest BCUT2D eigenvalue weighted by Crippen LogP contribution is -2.09. The Kier molecular flexibility index (Phi) is 5.14. The predicted molar refractivity (Wildman–Crippen MR) is 76.6 cm³/mol. The Balaban J connectivity index is 2.66. The molecule has 92 valence electrons. The number of hydrogen-bond donors (Lipinski definition) is 0. The van der Waals surface area contributed by atoms with E-state index < -0.39 is 0 Å². The van der Waals surface area contributed by atoms with Crippen molar-refractivity contribution in [1.82, 2.24) is 0 Å². The van der Waals surface area contributed by atoms with Gasteiger partial charge in [0.1, 0.15) is 7.28 Å². The smallest absolute Gasteiger partial charge is 0.0825 e. The van der Waals surface area contributed by atoms with Crippen LogP contribution in [0, 0.1) is 11.8 Å². The molecule has 1 saturated heterocycles. The van der Waals surface area contributed by atoms with Crippen LogP contribution in [0.2, 0.25) is 11.6 Å². The molecule has 0 aromatic carbocycles. The standard InChI is InChI=1S/C15H29B/c1-6-13(11-12(2)3)14-7-9-15(4,5)16-10-8-14/h11-12,14,16H,6-10H2,1-5H3/b13-11+. The van der Waals surface area contributed by atoms with Crippen LogP contribution in [-0.2, 0) is 0 Å². The van der Waals surface area contributed by atoms with Crippen LogP contribution in [0.3, 0.4) is 0 Å². The Hall–Kier alpha value is -0.195. The zero-order valence-corrected chi connectivity index (χ0v) is 12.0. The van der Waals surface area contributed by atoms with Crippen LogP contribution in [0.15, 0.2) is 11.6 Å². The molecule has 0 aliphatic carbocycles. The minimum Gasteiger partial charge on any atom is -0.0825 e. The van der Waals surface area contributed by atoms with Gasteiger partial charge in [-0.3, -0.25) is 0 Å². The molecular weight excluding hydrogens is 191 g/mol. The summed E-state index contributed by atoms with van der Waals surface area (Å²) in [5.41, 5.74) is 1.73. The summed E-state index contributed by atoms with van der Waals surface area (Å²) in [7, 11) is 1.42. The van der Waals surface area contributed by atoms with Crippen molar-refractivity contribution in [3.8, 4) is 0 Å². The second kappa shape index (κ2) is 5.93. The molecule has 1 rings (SSSR count). The molecule has 0 bridgehead atoms. The first kappa shape index (κ1) is 13.9. The summed E-state index contributed by atoms with van der Waals surface area (Å²) in [6.45, 7) is 11.8. The fourth-order valence-corrected chi connectivity index (χ4v) is 3.00. The van der Waals surface area contributed by atoms with Gasteiger partial charge in [0.15, 0.2) is 0 Å². The Morgan fingerprint density at radius 3 is 2.62 bits per heavy atom. The summed E-state index contributed by atoms with van der Waals surface area (Å²) in [6, 6.07) is 0. The van der Waals surface area contributed by atoms with Gasteiger partial charge in [0.25, 0.3) is 0 Å². The maximum absolute atomic E-state index is 2.52. The number of rotatable bonds is 3. The second-order valence-electron chi connectivity index (χ2n) is 6.63. The summed E-state index contributed by atoms with van der Waals surface area (Å²) in [5.74, 6) is 1.60. The van der Waals surface area contributed by atoms with E-state index in [1.54, 1.807) is 5.57 Å². The van der Waals surface area contributed by atoms with Crippen molar-refractivity contribution in [2.24, 2.45) is 11.8 Å². The fraction of sp³-hybridized carbons (Fsp3) is 0.867. The molecule has 0 spiro atoms. The van der Waals surface area contributed by atoms with Crippen LogP contribution in [0.1, 0.15) is 60.3 Å². The lowest BCUT2D eigenvalue weighted by molar-refractivity contribution is 0.477. The van der Waals surface area contributed by atoms with Crippen molar-refractivity contribution in [2.45, 2.75) is 71.9 Å². The van der Waals surface area contributed by atoms with Crippen molar-refractivity contribution in [3.05, 3.63) is 11.6 Å². The molecule has 1 aliphatic heterocycles. The Morgan fingerprint density at radius 2 is 2.06 bits per heavy atom. The van der Waals surface area contributed by atoms with Gasteiger partial charge in [-0.15, -0.1) is 0 Å². The van der Waals surface area contributed by atoms with E-state index in [1.165, 1.54) is 39.3 Å². The first-order valence-electron chi connectivity index (χ1n) is 7.15. The molecule has 0 aromatic rings. The molecule has 1 atom stereocenters. The van der Waals surface area contributed by atoms with E-state index >= 15 is 0 Å². The molecule has 1 heterocycles. The van der Waals surface area contributed by atoms with Gasteiger partial charge >= 0.3 is 0 Å². The maximum atomic E-state index is 2.52. The van der Waals surface area contributed by atoms with E-state index in [9.17, 15) is 0 Å². The SMILES string of the molecule is CC/C(=C\C(C)C)C1CCBC(C)(C)CC1. The monoisotopic (exact) mass is 220 g/mol. The third-order valence-corrected chi connectivity index (χ3v) is 4.06. The normalized spacial score (nSPS) is 26.4. The van der Waals surface area contributed by atoms with Crippen molar-refractivity contribution in [3.63, 3.8) is 0 Å². The van der Waals surface area contributed by atoms with Crippen molar-refractivity contribution in [2.75, 3.05) is 0 Å². The molecule has 0 saturated carbocycles. The molecule has 1 aliphatic rings. The summed E-state index contributed by atoms with van der Waals surface area (Å²) in [4.78, 5) is 0. The van der Waals surface area contributed by atoms with E-state index in [0.29, 0.717) is 11.2 Å². The highest BCUT2D eigenvalue weighted by atomic mass is 14.2. The minimum atomic E-state index is 0.589. The Bertz CT molecular complexity index is 238. The highest BCUT2D eigenvalue weighted by Gasteiger charge is 2.26. The van der Waals surface area contributed by atoms with Crippen molar-refractivity contribution >= 4 is 7.28 Å². The number of hydrogen-bond acceptors (Lipinski definition) is 0. The Labute approximate surface area is 103 Å². The van der Waals surface area contributed by atoms with E-state index in [2.05, 4.69) is 40.7 Å². The maximum Gasteiger partial charge on any atom is 0.127 e. The predicted octanol–water partition coefficient (Wildman–Crippen LogP) is 4.83. The van der Waals surface area contributed by atoms with Crippen molar-refractivity contribution in [1.29, 1.82) is 0 Å². The van der Waals surface area contributed by atoms with Gasteiger partial charge in [-0.1, -0.05) is 70.7 Å². The van der Waals surface area contributed by atoms with Gasteiger partial charge in [0.05, 0.1) is 0 Å². The molecule has 0 amide bonds. The molecular formula is C15H29B. The molecule has 0 nitrogen and oxygen atoms in total. The fourth-order valence-electron chi connectivity index (χ4n) is 3.00. The van der Waals surface area contributed by atoms with Gasteiger partial charge in [0.2, 0.25) is 0 Å². The minimum absolute atomic E-state index is 0.589. The second-order valence-corrected chi connectivity index (χ2v) is 6.63. The van der Waals surface area contributed by atoms with Crippen LogP contribution in [0.4, 0.5) is 0 Å². The van der Waals surface area contributed by atoms with Gasteiger partial charge < -0.3 is 0 Å². The van der Waals surface area contributed by atoms with Gasteiger partial charge in [-0.25, -0.2) is 0 Å². The summed E-state index contributed by atoms with van der Waals surface area (Å²) < 4.78 is 0. The summed E-state index contributed by atoms with van der Waals surface area (Å²) in [6.07, 6.45) is 9.45. The van der Waals surface area contributed by atoms with Crippen molar-refractivity contribution < 1.29 is 0 Å². The average molecular weight is 220 g/mol. The average Bonchev–Trinajstić information content (AvgIpc) is 2.35. The van der Waals surface area contributed by atoms with Crippen LogP contribution in [0.5, 0.6) is 0 Å². The third kappa shape index (κ3) is 4.35. The van der Waals surface area contributed by atoms with Crippen LogP contribution < -0.4 is 0 Å². The summed E-state index contributed by atoms with van der Waals surface area (Å²) >= 11 is 0. The molecule has 0 aromatic heterocycles. The van der Waals surface area contributed by atoms with E-state index in [4.69, 9.17) is 0 Å². The van der Waals surface area contributed by atoms with E-state index in [0.717, 1.165) is 5.92 Å². The zero-order valence-electron chi connectivity index (χ0n) is 12.0. The molecule has 0 radical (unpaired) electrons. The highest BCUT2D eigenvalue weighted by Crippen LogP contribution is 2.40. The largest absolute Gasteiger partial charge is 0.127 e. The molecule has 0 N–H and O–H groups in total. The van der Waals surface area contributed by atoms with Gasteiger partial charge in [-0.05, 0) is 24.7 Å². The van der Waals surface area contributed by atoms with Crippen LogP contribution >= 0.6 is 0 Å². The number of allylic oxidation sites excluding steroid dienone is 2. The lowest BCUT2D eigenvalue weighted by atomic mass is 9.52. The molecule has 1 fully saturated rings. The summed E-state index contributed by atoms with van der Waals surface area (Å²) in [5, 5.41) is 0.589. The molecule has 1 unspecified atom stereocenters. The Morgan fingerprint density at radius 1 is 1.38 bits per heavy atom. The first-order chi connectivity index (χ1) is 7.44. The lowest BCUT2D eigenvalue weighted by Gasteiger charge is -2.22. The molecule has 1 heteroatoms. The quantitative estimate of drug-likeness (QED) is 0.472. The highest BCUT2D eigenvalue weighted by molar-refractivity contribution is 6.39. The van der Waals surface area contributed by atoms with Gasteiger partial charge in [-0.2, -0.15) is 0 Å². The zero-order chi connectivity index (χ0) is 12.2. The third-order valence-electron chi connectivity index (χ3n) is 4.06. The van der Waals surface area contributed by atoms with E-state index in [1.807, 2.05) is 0 Å². The van der Waals surface area contributed by atoms with Crippen LogP contribution in [-0.4, -0.2) is 7.28 Å². The van der Waals surface area contributed by atoms with Gasteiger partial charge in [0, 0.05) is 0 Å². The first-order valence-corrected chi connectivity index (χ1v) is 7.15. The topological polar surface area (TPSA) is 0 Å². The van der Waals surface area contributed by atoms with Crippen LogP contribution in [0.25, 0.3) is 0 Å².